The normalized spacial score (nSPS) is 10.0. The van der Waals surface area contributed by atoms with Gasteiger partial charge < -0.3 is 10.6 Å². The molecule has 23 heavy (non-hydrogen) atoms. The van der Waals surface area contributed by atoms with Gasteiger partial charge in [-0.3, -0.25) is 4.79 Å². The van der Waals surface area contributed by atoms with Gasteiger partial charge in [0, 0.05) is 6.54 Å². The first-order valence-corrected chi connectivity index (χ1v) is 7.41. The Balaban J connectivity index is 0.00000264. The molecule has 5 heteroatoms. The molecule has 0 saturated heterocycles. The van der Waals surface area contributed by atoms with Crippen molar-refractivity contribution >= 4 is 18.3 Å². The Hall–Kier alpha value is -1.91. The van der Waals surface area contributed by atoms with Gasteiger partial charge in [0.2, 0.25) is 0 Å². The van der Waals surface area contributed by atoms with Gasteiger partial charge in [0.25, 0.3) is 5.91 Å². The minimum atomic E-state index is -0.496. The highest BCUT2D eigenvalue weighted by atomic mass is 35.5. The molecule has 124 valence electrons. The summed E-state index contributed by atoms with van der Waals surface area (Å²) in [6.45, 7) is 3.35. The van der Waals surface area contributed by atoms with Gasteiger partial charge in [-0.2, -0.15) is 0 Å². The molecular formula is C18H22ClFN2O. The van der Waals surface area contributed by atoms with E-state index in [1.54, 1.807) is 6.07 Å². The summed E-state index contributed by atoms with van der Waals surface area (Å²) in [5.41, 5.74) is 2.94. The van der Waals surface area contributed by atoms with E-state index in [1.807, 2.05) is 38.2 Å². The molecule has 0 radical (unpaired) electrons. The van der Waals surface area contributed by atoms with Gasteiger partial charge in [-0.25, -0.2) is 4.39 Å². The predicted octanol–water partition coefficient (Wildman–Crippen LogP) is 3.56. The maximum atomic E-state index is 14.2. The standard InChI is InChI=1S/C18H21FN2O.ClH/c1-13-4-6-14(7-5-13)15-8-9-16(17(19)12-15)18(22)21-11-3-10-20-2;/h4-9,12,20H,3,10-11H2,1-2H3,(H,21,22);1H. The van der Waals surface area contributed by atoms with Gasteiger partial charge in [-0.15, -0.1) is 12.4 Å². The smallest absolute Gasteiger partial charge is 0.254 e. The summed E-state index contributed by atoms with van der Waals surface area (Å²) >= 11 is 0. The third-order valence-electron chi connectivity index (χ3n) is 3.49. The SMILES string of the molecule is CNCCCNC(=O)c1ccc(-c2ccc(C)cc2)cc1F.Cl. The molecule has 0 bridgehead atoms. The minimum absolute atomic E-state index is 0. The van der Waals surface area contributed by atoms with Crippen molar-refractivity contribution in [3.05, 3.63) is 59.4 Å². The average molecular weight is 337 g/mol. The van der Waals surface area contributed by atoms with Crippen molar-refractivity contribution in [2.75, 3.05) is 20.1 Å². The van der Waals surface area contributed by atoms with Crippen LogP contribution in [0.3, 0.4) is 0 Å². The van der Waals surface area contributed by atoms with Crippen LogP contribution in [-0.2, 0) is 0 Å². The number of nitrogens with one attached hydrogen (secondary N) is 2. The number of aryl methyl sites for hydroxylation is 1. The molecule has 0 atom stereocenters. The summed E-state index contributed by atoms with van der Waals surface area (Å²) in [5.74, 6) is -0.867. The number of carbonyl (C=O) groups is 1. The van der Waals surface area contributed by atoms with Crippen LogP contribution in [0.2, 0.25) is 0 Å². The van der Waals surface area contributed by atoms with E-state index in [1.165, 1.54) is 12.1 Å². The summed E-state index contributed by atoms with van der Waals surface area (Å²) in [7, 11) is 1.85. The highest BCUT2D eigenvalue weighted by Gasteiger charge is 2.12. The van der Waals surface area contributed by atoms with Crippen molar-refractivity contribution in [3.63, 3.8) is 0 Å². The van der Waals surface area contributed by atoms with E-state index >= 15 is 0 Å². The van der Waals surface area contributed by atoms with Gasteiger partial charge in [-0.05, 0) is 50.2 Å². The van der Waals surface area contributed by atoms with Crippen molar-refractivity contribution in [3.8, 4) is 11.1 Å². The fourth-order valence-electron chi connectivity index (χ4n) is 2.19. The van der Waals surface area contributed by atoms with E-state index in [0.717, 1.165) is 29.7 Å². The largest absolute Gasteiger partial charge is 0.352 e. The fraction of sp³-hybridized carbons (Fsp3) is 0.278. The molecular weight excluding hydrogens is 315 g/mol. The summed E-state index contributed by atoms with van der Waals surface area (Å²) < 4.78 is 14.2. The molecule has 1 amide bonds. The highest BCUT2D eigenvalue weighted by Crippen LogP contribution is 2.22. The lowest BCUT2D eigenvalue weighted by molar-refractivity contribution is 0.0949. The monoisotopic (exact) mass is 336 g/mol. The van der Waals surface area contributed by atoms with Crippen LogP contribution in [0.15, 0.2) is 42.5 Å². The van der Waals surface area contributed by atoms with Crippen LogP contribution in [0, 0.1) is 12.7 Å². The maximum absolute atomic E-state index is 14.2. The van der Waals surface area contributed by atoms with Crippen LogP contribution < -0.4 is 10.6 Å². The van der Waals surface area contributed by atoms with Crippen molar-refractivity contribution in [2.24, 2.45) is 0 Å². The van der Waals surface area contributed by atoms with Gasteiger partial charge in [0.05, 0.1) is 5.56 Å². The molecule has 0 aliphatic rings. The first kappa shape index (κ1) is 19.1. The Morgan fingerprint density at radius 1 is 1.04 bits per heavy atom. The van der Waals surface area contributed by atoms with Crippen molar-refractivity contribution < 1.29 is 9.18 Å². The average Bonchev–Trinajstić information content (AvgIpc) is 2.52. The zero-order valence-electron chi connectivity index (χ0n) is 13.4. The third kappa shape index (κ3) is 5.34. The molecule has 0 aliphatic heterocycles. The Kier molecular flexibility index (Phi) is 7.72. The molecule has 2 rings (SSSR count). The van der Waals surface area contributed by atoms with Crippen molar-refractivity contribution in [2.45, 2.75) is 13.3 Å². The van der Waals surface area contributed by atoms with Crippen LogP contribution >= 0.6 is 12.4 Å². The van der Waals surface area contributed by atoms with Crippen LogP contribution in [0.4, 0.5) is 4.39 Å². The summed E-state index contributed by atoms with van der Waals surface area (Å²) in [5, 5.41) is 5.72. The molecule has 3 nitrogen and oxygen atoms in total. The molecule has 2 N–H and O–H groups in total. The molecule has 0 aromatic heterocycles. The van der Waals surface area contributed by atoms with E-state index < -0.39 is 5.82 Å². The number of hydrogen-bond donors (Lipinski definition) is 2. The van der Waals surface area contributed by atoms with E-state index in [0.29, 0.717) is 6.54 Å². The third-order valence-corrected chi connectivity index (χ3v) is 3.49. The van der Waals surface area contributed by atoms with Crippen LogP contribution in [0.5, 0.6) is 0 Å². The maximum Gasteiger partial charge on any atom is 0.254 e. The van der Waals surface area contributed by atoms with Crippen LogP contribution in [0.1, 0.15) is 22.3 Å². The lowest BCUT2D eigenvalue weighted by Gasteiger charge is -2.08. The Bertz CT molecular complexity index is 644. The van der Waals surface area contributed by atoms with Crippen LogP contribution in [0.25, 0.3) is 11.1 Å². The summed E-state index contributed by atoms with van der Waals surface area (Å²) in [4.78, 5) is 11.9. The van der Waals surface area contributed by atoms with E-state index in [4.69, 9.17) is 0 Å². The summed E-state index contributed by atoms with van der Waals surface area (Å²) in [6.07, 6.45) is 0.811. The fourth-order valence-corrected chi connectivity index (χ4v) is 2.19. The van der Waals surface area contributed by atoms with Gasteiger partial charge in [-0.1, -0.05) is 35.9 Å². The van der Waals surface area contributed by atoms with Gasteiger partial charge in [0.15, 0.2) is 0 Å². The summed E-state index contributed by atoms with van der Waals surface area (Å²) in [6, 6.07) is 12.6. The van der Waals surface area contributed by atoms with E-state index in [2.05, 4.69) is 10.6 Å². The Morgan fingerprint density at radius 3 is 2.30 bits per heavy atom. The second-order valence-electron chi connectivity index (χ2n) is 5.27. The molecule has 0 spiro atoms. The molecule has 2 aromatic carbocycles. The zero-order chi connectivity index (χ0) is 15.9. The predicted molar refractivity (Wildman–Crippen MR) is 94.7 cm³/mol. The molecule has 0 fully saturated rings. The topological polar surface area (TPSA) is 41.1 Å². The molecule has 2 aromatic rings. The van der Waals surface area contributed by atoms with Gasteiger partial charge >= 0.3 is 0 Å². The highest BCUT2D eigenvalue weighted by molar-refractivity contribution is 5.95. The molecule has 0 saturated carbocycles. The first-order chi connectivity index (χ1) is 10.6. The van der Waals surface area contributed by atoms with E-state index in [-0.39, 0.29) is 23.9 Å². The van der Waals surface area contributed by atoms with Crippen molar-refractivity contribution in [1.29, 1.82) is 0 Å². The number of rotatable bonds is 6. The Labute approximate surface area is 142 Å². The second kappa shape index (κ2) is 9.28. The van der Waals surface area contributed by atoms with Gasteiger partial charge in [0.1, 0.15) is 5.82 Å². The lowest BCUT2D eigenvalue weighted by Crippen LogP contribution is -2.27. The number of halogens is 2. The molecule has 0 unspecified atom stereocenters. The number of benzene rings is 2. The van der Waals surface area contributed by atoms with E-state index in [9.17, 15) is 9.18 Å². The first-order valence-electron chi connectivity index (χ1n) is 7.41. The minimum Gasteiger partial charge on any atom is -0.352 e. The Morgan fingerprint density at radius 2 is 1.70 bits per heavy atom. The molecule has 0 aliphatic carbocycles. The zero-order valence-corrected chi connectivity index (χ0v) is 14.2. The quantitative estimate of drug-likeness (QED) is 0.792. The molecule has 0 heterocycles. The number of hydrogen-bond acceptors (Lipinski definition) is 2. The van der Waals surface area contributed by atoms with Crippen LogP contribution in [-0.4, -0.2) is 26.0 Å². The van der Waals surface area contributed by atoms with Crippen molar-refractivity contribution in [1.82, 2.24) is 10.6 Å². The number of amides is 1. The number of carbonyl (C=O) groups excluding carboxylic acids is 1. The lowest BCUT2D eigenvalue weighted by atomic mass is 10.0. The second-order valence-corrected chi connectivity index (χ2v) is 5.27.